The molecule has 0 heterocycles. The number of carbonyl (C=O) groups is 1. The van der Waals surface area contributed by atoms with Crippen molar-refractivity contribution in [2.75, 3.05) is 0 Å². The van der Waals surface area contributed by atoms with E-state index in [4.69, 9.17) is 5.11 Å². The summed E-state index contributed by atoms with van der Waals surface area (Å²) in [6.45, 7) is 7.93. The molecule has 0 radical (unpaired) electrons. The summed E-state index contributed by atoms with van der Waals surface area (Å²) in [5, 5.41) is 8.43. The predicted molar refractivity (Wildman–Crippen MR) is 59.3 cm³/mol. The molecule has 0 rings (SSSR count). The summed E-state index contributed by atoms with van der Waals surface area (Å²) in [6, 6.07) is 0. The number of allylic oxidation sites excluding steroid dienone is 3. The molecule has 0 aliphatic rings. The van der Waals surface area contributed by atoms with Gasteiger partial charge < -0.3 is 5.11 Å². The largest absolute Gasteiger partial charge is 0.481 e. The third-order valence-corrected chi connectivity index (χ3v) is 2.03. The second-order valence-electron chi connectivity index (χ2n) is 3.79. The van der Waals surface area contributed by atoms with E-state index in [1.165, 1.54) is 11.1 Å². The molecule has 0 aromatic rings. The number of hydrogen-bond acceptors (Lipinski definition) is 1. The monoisotopic (exact) mass is 196 g/mol. The molecular formula is C12H20O2. The van der Waals surface area contributed by atoms with Crippen LogP contribution in [0.4, 0.5) is 0 Å². The Balaban J connectivity index is 3.56. The molecule has 0 aliphatic heterocycles. The van der Waals surface area contributed by atoms with Gasteiger partial charge in [0.15, 0.2) is 0 Å². The molecule has 0 atom stereocenters. The Morgan fingerprint density at radius 1 is 1.29 bits per heavy atom. The lowest BCUT2D eigenvalue weighted by molar-refractivity contribution is -0.136. The van der Waals surface area contributed by atoms with E-state index >= 15 is 0 Å². The van der Waals surface area contributed by atoms with E-state index in [0.717, 1.165) is 19.3 Å². The van der Waals surface area contributed by atoms with Crippen LogP contribution >= 0.6 is 0 Å². The van der Waals surface area contributed by atoms with Crippen molar-refractivity contribution < 1.29 is 9.90 Å². The van der Waals surface area contributed by atoms with E-state index in [1.54, 1.807) is 0 Å². The van der Waals surface area contributed by atoms with Gasteiger partial charge in [0, 0.05) is 6.42 Å². The Kier molecular flexibility index (Phi) is 6.81. The number of carboxylic acid groups (broad SMARTS) is 1. The Bertz CT molecular complexity index is 226. The first-order chi connectivity index (χ1) is 6.52. The van der Waals surface area contributed by atoms with E-state index < -0.39 is 5.97 Å². The fourth-order valence-corrected chi connectivity index (χ4v) is 1.21. The highest BCUT2D eigenvalue weighted by molar-refractivity contribution is 5.66. The molecule has 1 N–H and O–H groups in total. The van der Waals surface area contributed by atoms with E-state index in [9.17, 15) is 4.79 Å². The van der Waals surface area contributed by atoms with Crippen LogP contribution in [0.5, 0.6) is 0 Å². The zero-order chi connectivity index (χ0) is 11.0. The topological polar surface area (TPSA) is 37.3 Å². The maximum Gasteiger partial charge on any atom is 0.303 e. The van der Waals surface area contributed by atoms with Crippen molar-refractivity contribution in [1.82, 2.24) is 0 Å². The van der Waals surface area contributed by atoms with Crippen LogP contribution in [0.25, 0.3) is 0 Å². The molecule has 0 aromatic carbocycles. The first kappa shape index (κ1) is 12.9. The molecule has 0 saturated carbocycles. The van der Waals surface area contributed by atoms with Crippen molar-refractivity contribution in [1.29, 1.82) is 0 Å². The third-order valence-electron chi connectivity index (χ3n) is 2.03. The van der Waals surface area contributed by atoms with Crippen molar-refractivity contribution in [2.45, 2.75) is 46.0 Å². The van der Waals surface area contributed by atoms with Gasteiger partial charge in [-0.15, -0.1) is 6.58 Å². The summed E-state index contributed by atoms with van der Waals surface area (Å²) in [5.41, 5.74) is 2.50. The van der Waals surface area contributed by atoms with Gasteiger partial charge in [0.1, 0.15) is 0 Å². The molecule has 14 heavy (non-hydrogen) atoms. The van der Waals surface area contributed by atoms with Crippen molar-refractivity contribution >= 4 is 5.97 Å². The molecule has 0 saturated heterocycles. The maximum atomic E-state index is 10.2. The summed E-state index contributed by atoms with van der Waals surface area (Å²) >= 11 is 0. The van der Waals surface area contributed by atoms with Gasteiger partial charge in [-0.1, -0.05) is 17.2 Å². The van der Waals surface area contributed by atoms with Crippen molar-refractivity contribution in [3.05, 3.63) is 23.8 Å². The second kappa shape index (κ2) is 7.36. The minimum Gasteiger partial charge on any atom is -0.481 e. The second-order valence-corrected chi connectivity index (χ2v) is 3.79. The van der Waals surface area contributed by atoms with Crippen LogP contribution < -0.4 is 0 Å². The van der Waals surface area contributed by atoms with Crippen LogP contribution in [-0.4, -0.2) is 11.1 Å². The smallest absolute Gasteiger partial charge is 0.303 e. The van der Waals surface area contributed by atoms with Gasteiger partial charge in [0.05, 0.1) is 0 Å². The first-order valence-corrected chi connectivity index (χ1v) is 5.04. The Morgan fingerprint density at radius 2 is 1.93 bits per heavy atom. The van der Waals surface area contributed by atoms with Crippen LogP contribution in [0.2, 0.25) is 0 Å². The zero-order valence-corrected chi connectivity index (χ0v) is 9.18. The van der Waals surface area contributed by atoms with Gasteiger partial charge in [-0.2, -0.15) is 0 Å². The lowest BCUT2D eigenvalue weighted by Crippen LogP contribution is -1.92. The fraction of sp³-hybridized carbons (Fsp3) is 0.583. The Hall–Kier alpha value is -1.05. The van der Waals surface area contributed by atoms with E-state index in [1.807, 2.05) is 13.0 Å². The highest BCUT2D eigenvalue weighted by atomic mass is 16.4. The van der Waals surface area contributed by atoms with Crippen molar-refractivity contribution in [3.8, 4) is 0 Å². The van der Waals surface area contributed by atoms with Crippen LogP contribution in [0.1, 0.15) is 46.0 Å². The molecule has 2 heteroatoms. The lowest BCUT2D eigenvalue weighted by Gasteiger charge is -2.01. The number of rotatable bonds is 7. The van der Waals surface area contributed by atoms with Crippen LogP contribution in [-0.2, 0) is 4.79 Å². The SMILES string of the molecule is C=C(C)CCC/C(C)=C\CCC(=O)O. The van der Waals surface area contributed by atoms with Crippen LogP contribution in [0, 0.1) is 0 Å². The maximum absolute atomic E-state index is 10.2. The number of hydrogen-bond donors (Lipinski definition) is 1. The minimum atomic E-state index is -0.726. The summed E-state index contributed by atoms with van der Waals surface area (Å²) in [5.74, 6) is -0.726. The summed E-state index contributed by atoms with van der Waals surface area (Å²) in [4.78, 5) is 10.2. The Morgan fingerprint density at radius 3 is 2.43 bits per heavy atom. The molecule has 0 amide bonds. The van der Waals surface area contributed by atoms with Crippen molar-refractivity contribution in [2.24, 2.45) is 0 Å². The summed E-state index contributed by atoms with van der Waals surface area (Å²) in [6.07, 6.45) is 6.12. The fourth-order valence-electron chi connectivity index (χ4n) is 1.21. The third kappa shape index (κ3) is 9.04. The van der Waals surface area contributed by atoms with Crippen molar-refractivity contribution in [3.63, 3.8) is 0 Å². The molecule has 0 aromatic heterocycles. The quantitative estimate of drug-likeness (QED) is 0.632. The molecule has 0 unspecified atom stereocenters. The molecule has 0 bridgehead atoms. The van der Waals surface area contributed by atoms with Crippen LogP contribution in [0.3, 0.4) is 0 Å². The lowest BCUT2D eigenvalue weighted by atomic mass is 10.1. The Labute approximate surface area is 86.3 Å². The van der Waals surface area contributed by atoms with Gasteiger partial charge in [-0.05, 0) is 39.5 Å². The van der Waals surface area contributed by atoms with Gasteiger partial charge >= 0.3 is 5.97 Å². The standard InChI is InChI=1S/C12H20O2/c1-10(2)6-4-7-11(3)8-5-9-12(13)14/h8H,1,4-7,9H2,2-3H3,(H,13,14)/b11-8-. The minimum absolute atomic E-state index is 0.234. The zero-order valence-electron chi connectivity index (χ0n) is 9.18. The molecule has 0 spiro atoms. The van der Waals surface area contributed by atoms with Gasteiger partial charge in [0.25, 0.3) is 0 Å². The van der Waals surface area contributed by atoms with E-state index in [0.29, 0.717) is 6.42 Å². The summed E-state index contributed by atoms with van der Waals surface area (Å²) < 4.78 is 0. The molecule has 2 nitrogen and oxygen atoms in total. The molecule has 0 fully saturated rings. The predicted octanol–water partition coefficient (Wildman–Crippen LogP) is 3.54. The van der Waals surface area contributed by atoms with E-state index in [2.05, 4.69) is 13.5 Å². The van der Waals surface area contributed by atoms with E-state index in [-0.39, 0.29) is 6.42 Å². The highest BCUT2D eigenvalue weighted by Crippen LogP contribution is 2.11. The average molecular weight is 196 g/mol. The molecule has 80 valence electrons. The summed E-state index contributed by atoms with van der Waals surface area (Å²) in [7, 11) is 0. The number of aliphatic carboxylic acids is 1. The molecule has 0 aliphatic carbocycles. The molecular weight excluding hydrogens is 176 g/mol. The van der Waals surface area contributed by atoms with Gasteiger partial charge in [-0.3, -0.25) is 4.79 Å². The van der Waals surface area contributed by atoms with Crippen LogP contribution in [0.15, 0.2) is 23.8 Å². The van der Waals surface area contributed by atoms with Gasteiger partial charge in [0.2, 0.25) is 0 Å². The normalized spacial score (nSPS) is 11.4. The van der Waals surface area contributed by atoms with Gasteiger partial charge in [-0.25, -0.2) is 0 Å². The first-order valence-electron chi connectivity index (χ1n) is 5.04. The number of carboxylic acids is 1. The average Bonchev–Trinajstić information content (AvgIpc) is 2.02. The highest BCUT2D eigenvalue weighted by Gasteiger charge is 1.95.